The summed E-state index contributed by atoms with van der Waals surface area (Å²) in [5.41, 5.74) is 4.60. The number of carbonyl (C=O) groups excluding carboxylic acids is 1. The molecule has 1 N–H and O–H groups in total. The summed E-state index contributed by atoms with van der Waals surface area (Å²) in [6.45, 7) is 5.06. The average molecular weight is 417 g/mol. The maximum Gasteiger partial charge on any atom is 0.220 e. The van der Waals surface area contributed by atoms with Gasteiger partial charge in [0.15, 0.2) is 5.82 Å². The number of aromatic nitrogens is 3. The maximum absolute atomic E-state index is 12.1. The number of anilines is 1. The highest BCUT2D eigenvalue weighted by Gasteiger charge is 2.32. The first kappa shape index (κ1) is 19.9. The summed E-state index contributed by atoms with van der Waals surface area (Å²) >= 11 is 0. The Morgan fingerprint density at radius 1 is 1.23 bits per heavy atom. The normalized spacial score (nSPS) is 18.9. The van der Waals surface area contributed by atoms with Crippen molar-refractivity contribution in [1.29, 1.82) is 0 Å². The second kappa shape index (κ2) is 8.23. The minimum absolute atomic E-state index is 0.0155. The molecule has 1 atom stereocenters. The van der Waals surface area contributed by atoms with Gasteiger partial charge in [0.25, 0.3) is 0 Å². The molecule has 2 aromatic heterocycles. The topological polar surface area (TPSA) is 74.2 Å². The zero-order chi connectivity index (χ0) is 21.4. The third kappa shape index (κ3) is 3.85. The van der Waals surface area contributed by atoms with Crippen LogP contribution in [0.1, 0.15) is 48.5 Å². The molecule has 0 radical (unpaired) electrons. The standard InChI is InChI=1S/C24H28N6O/c1-16(31)30-11-4-6-22(30)24-27-21-15-29(12-9-19(21)23(25-2)28-24)14-17-7-8-20-18(13-17)5-3-10-26-20/h3,5,7-8,10,13,22H,4,6,9,11-12,14-15H2,1-2H3,(H,25,27,28)/t22-/m0/s1. The van der Waals surface area contributed by atoms with Crippen LogP contribution in [0.25, 0.3) is 10.9 Å². The number of nitrogens with one attached hydrogen (secondary N) is 1. The molecule has 0 bridgehead atoms. The lowest BCUT2D eigenvalue weighted by Gasteiger charge is -2.30. The van der Waals surface area contributed by atoms with Crippen LogP contribution in [0.15, 0.2) is 36.5 Å². The van der Waals surface area contributed by atoms with E-state index in [9.17, 15) is 4.79 Å². The molecule has 2 aliphatic rings. The molecule has 160 valence electrons. The first-order chi connectivity index (χ1) is 15.1. The van der Waals surface area contributed by atoms with E-state index in [2.05, 4.69) is 39.5 Å². The minimum Gasteiger partial charge on any atom is -0.373 e. The molecule has 7 nitrogen and oxygen atoms in total. The summed E-state index contributed by atoms with van der Waals surface area (Å²) in [6, 6.07) is 10.6. The van der Waals surface area contributed by atoms with Gasteiger partial charge in [0, 0.05) is 57.3 Å². The molecule has 4 heterocycles. The van der Waals surface area contributed by atoms with Gasteiger partial charge in [-0.25, -0.2) is 9.97 Å². The SMILES string of the molecule is CNc1nc([C@@H]2CCCN2C(C)=O)nc2c1CCN(Cc1ccc3ncccc3c1)C2. The monoisotopic (exact) mass is 416 g/mol. The number of likely N-dealkylation sites (tertiary alicyclic amines) is 1. The van der Waals surface area contributed by atoms with Crippen molar-refractivity contribution in [1.82, 2.24) is 24.8 Å². The molecule has 5 rings (SSSR count). The van der Waals surface area contributed by atoms with Crippen molar-refractivity contribution in [3.8, 4) is 0 Å². The van der Waals surface area contributed by atoms with E-state index in [0.717, 1.165) is 68.3 Å². The van der Waals surface area contributed by atoms with Gasteiger partial charge < -0.3 is 10.2 Å². The molecule has 1 fully saturated rings. The van der Waals surface area contributed by atoms with Gasteiger partial charge in [0.2, 0.25) is 5.91 Å². The summed E-state index contributed by atoms with van der Waals surface area (Å²) in [5, 5.41) is 4.44. The largest absolute Gasteiger partial charge is 0.373 e. The van der Waals surface area contributed by atoms with Crippen LogP contribution in [0, 0.1) is 0 Å². The zero-order valence-corrected chi connectivity index (χ0v) is 18.1. The van der Waals surface area contributed by atoms with Gasteiger partial charge in [-0.05, 0) is 43.0 Å². The van der Waals surface area contributed by atoms with Crippen LogP contribution in [0.3, 0.4) is 0 Å². The minimum atomic E-state index is -0.0155. The molecule has 1 saturated heterocycles. The Balaban J connectivity index is 1.40. The van der Waals surface area contributed by atoms with E-state index in [1.165, 1.54) is 16.5 Å². The van der Waals surface area contributed by atoms with Crippen LogP contribution in [0.5, 0.6) is 0 Å². The van der Waals surface area contributed by atoms with Gasteiger partial charge in [-0.15, -0.1) is 0 Å². The van der Waals surface area contributed by atoms with Gasteiger partial charge in [-0.3, -0.25) is 14.7 Å². The third-order valence-corrected chi connectivity index (χ3v) is 6.43. The van der Waals surface area contributed by atoms with Crippen molar-refractivity contribution in [2.45, 2.75) is 45.3 Å². The van der Waals surface area contributed by atoms with Crippen molar-refractivity contribution in [2.24, 2.45) is 0 Å². The van der Waals surface area contributed by atoms with Crippen LogP contribution < -0.4 is 5.32 Å². The van der Waals surface area contributed by atoms with Gasteiger partial charge >= 0.3 is 0 Å². The number of amides is 1. The summed E-state index contributed by atoms with van der Waals surface area (Å²) in [5.74, 6) is 1.78. The third-order valence-electron chi connectivity index (χ3n) is 6.43. The van der Waals surface area contributed by atoms with Gasteiger partial charge in [-0.1, -0.05) is 12.1 Å². The van der Waals surface area contributed by atoms with E-state index in [1.807, 2.05) is 24.2 Å². The molecule has 0 aliphatic carbocycles. The Kier molecular flexibility index (Phi) is 5.28. The molecule has 0 unspecified atom stereocenters. The lowest BCUT2D eigenvalue weighted by atomic mass is 10.0. The van der Waals surface area contributed by atoms with Crippen LogP contribution in [-0.2, 0) is 24.3 Å². The number of hydrogen-bond donors (Lipinski definition) is 1. The van der Waals surface area contributed by atoms with E-state index in [0.29, 0.717) is 0 Å². The van der Waals surface area contributed by atoms with Crippen molar-refractivity contribution >= 4 is 22.6 Å². The van der Waals surface area contributed by atoms with Crippen molar-refractivity contribution in [3.05, 3.63) is 59.2 Å². The molecule has 1 amide bonds. The summed E-state index contributed by atoms with van der Waals surface area (Å²) in [6.07, 6.45) is 4.68. The number of hydrogen-bond acceptors (Lipinski definition) is 6. The Morgan fingerprint density at radius 3 is 2.97 bits per heavy atom. The molecule has 31 heavy (non-hydrogen) atoms. The summed E-state index contributed by atoms with van der Waals surface area (Å²) in [4.78, 5) is 30.6. The predicted molar refractivity (Wildman–Crippen MR) is 121 cm³/mol. The fourth-order valence-electron chi connectivity index (χ4n) is 4.89. The zero-order valence-electron chi connectivity index (χ0n) is 18.1. The van der Waals surface area contributed by atoms with E-state index < -0.39 is 0 Å². The first-order valence-electron chi connectivity index (χ1n) is 11.0. The van der Waals surface area contributed by atoms with Crippen LogP contribution >= 0.6 is 0 Å². The fourth-order valence-corrected chi connectivity index (χ4v) is 4.89. The highest BCUT2D eigenvalue weighted by molar-refractivity contribution is 5.78. The molecular formula is C24H28N6O. The van der Waals surface area contributed by atoms with Crippen molar-refractivity contribution in [3.63, 3.8) is 0 Å². The highest BCUT2D eigenvalue weighted by Crippen LogP contribution is 2.33. The Hall–Kier alpha value is -3.06. The van der Waals surface area contributed by atoms with E-state index >= 15 is 0 Å². The highest BCUT2D eigenvalue weighted by atomic mass is 16.2. The van der Waals surface area contributed by atoms with E-state index in [1.54, 1.807) is 6.92 Å². The maximum atomic E-state index is 12.1. The smallest absolute Gasteiger partial charge is 0.220 e. The van der Waals surface area contributed by atoms with Crippen LogP contribution in [-0.4, -0.2) is 50.8 Å². The molecule has 7 heteroatoms. The van der Waals surface area contributed by atoms with E-state index in [4.69, 9.17) is 9.97 Å². The molecule has 0 spiro atoms. The van der Waals surface area contributed by atoms with Crippen LogP contribution in [0.4, 0.5) is 5.82 Å². The molecule has 2 aliphatic heterocycles. The fraction of sp³-hybridized carbons (Fsp3) is 0.417. The van der Waals surface area contributed by atoms with Gasteiger partial charge in [0.05, 0.1) is 17.3 Å². The second-order valence-electron chi connectivity index (χ2n) is 8.47. The molecule has 1 aromatic carbocycles. The number of carbonyl (C=O) groups is 1. The molecular weight excluding hydrogens is 388 g/mol. The lowest BCUT2D eigenvalue weighted by Crippen LogP contribution is -2.33. The number of fused-ring (bicyclic) bond motifs is 2. The van der Waals surface area contributed by atoms with Gasteiger partial charge in [-0.2, -0.15) is 0 Å². The Bertz CT molecular complexity index is 1130. The Morgan fingerprint density at radius 2 is 2.13 bits per heavy atom. The predicted octanol–water partition coefficient (Wildman–Crippen LogP) is 3.31. The number of rotatable bonds is 4. The number of benzene rings is 1. The number of pyridine rings is 1. The van der Waals surface area contributed by atoms with Crippen molar-refractivity contribution in [2.75, 3.05) is 25.5 Å². The number of nitrogens with zero attached hydrogens (tertiary/aromatic N) is 5. The van der Waals surface area contributed by atoms with Crippen molar-refractivity contribution < 1.29 is 4.79 Å². The van der Waals surface area contributed by atoms with Crippen LogP contribution in [0.2, 0.25) is 0 Å². The van der Waals surface area contributed by atoms with Gasteiger partial charge in [0.1, 0.15) is 5.82 Å². The average Bonchev–Trinajstić information content (AvgIpc) is 3.28. The quantitative estimate of drug-likeness (QED) is 0.703. The second-order valence-corrected chi connectivity index (χ2v) is 8.47. The summed E-state index contributed by atoms with van der Waals surface area (Å²) in [7, 11) is 1.92. The van der Waals surface area contributed by atoms with E-state index in [-0.39, 0.29) is 11.9 Å². The lowest BCUT2D eigenvalue weighted by molar-refractivity contribution is -0.129. The summed E-state index contributed by atoms with van der Waals surface area (Å²) < 4.78 is 0. The Labute approximate surface area is 182 Å². The molecule has 0 saturated carbocycles. The molecule has 3 aromatic rings. The first-order valence-corrected chi connectivity index (χ1v) is 11.0.